The Hall–Kier alpha value is -3.06. The number of ketones is 1. The molecule has 3 aromatic carbocycles. The molecule has 1 aliphatic heterocycles. The number of thiophene rings is 1. The van der Waals surface area contributed by atoms with Gasteiger partial charge in [-0.15, -0.1) is 23.7 Å². The number of benzene rings is 3. The summed E-state index contributed by atoms with van der Waals surface area (Å²) in [5.74, 6) is 0.831. The van der Waals surface area contributed by atoms with Crippen LogP contribution in [0.5, 0.6) is 17.2 Å². The molecule has 2 heterocycles. The Morgan fingerprint density at radius 2 is 1.63 bits per heavy atom. The first-order chi connectivity index (χ1) is 16.6. The number of ether oxygens (including phenoxy) is 1. The lowest BCUT2D eigenvalue weighted by molar-refractivity contribution is 0.104. The predicted octanol–water partition coefficient (Wildman–Crippen LogP) is 6.50. The van der Waals surface area contributed by atoms with Crippen molar-refractivity contribution in [3.8, 4) is 27.7 Å². The highest BCUT2D eigenvalue weighted by Crippen LogP contribution is 2.43. The maximum Gasteiger partial charge on any atom is 0.195 e. The molecule has 0 atom stereocenters. The highest BCUT2D eigenvalue weighted by Gasteiger charge is 2.23. The fourth-order valence-electron chi connectivity index (χ4n) is 4.49. The van der Waals surface area contributed by atoms with Crippen molar-refractivity contribution in [2.75, 3.05) is 26.2 Å². The Morgan fingerprint density at radius 3 is 2.34 bits per heavy atom. The topological polar surface area (TPSA) is 70.0 Å². The fourth-order valence-corrected chi connectivity index (χ4v) is 5.71. The molecule has 0 bridgehead atoms. The van der Waals surface area contributed by atoms with Crippen LogP contribution in [0.4, 0.5) is 0 Å². The lowest BCUT2D eigenvalue weighted by Gasteiger charge is -2.26. The summed E-state index contributed by atoms with van der Waals surface area (Å²) >= 11 is 1.46. The number of halogens is 1. The van der Waals surface area contributed by atoms with Gasteiger partial charge in [-0.05, 0) is 92.2 Å². The Morgan fingerprint density at radius 1 is 0.914 bits per heavy atom. The van der Waals surface area contributed by atoms with Crippen molar-refractivity contribution < 1.29 is 19.7 Å². The van der Waals surface area contributed by atoms with E-state index in [9.17, 15) is 15.0 Å². The lowest BCUT2D eigenvalue weighted by Crippen LogP contribution is -2.33. The van der Waals surface area contributed by atoms with Crippen LogP contribution in [0, 0.1) is 0 Å². The van der Waals surface area contributed by atoms with Crippen molar-refractivity contribution in [2.45, 2.75) is 19.3 Å². The second kappa shape index (κ2) is 11.1. The zero-order valence-electron chi connectivity index (χ0n) is 19.3. The second-order valence-corrected chi connectivity index (χ2v) is 9.66. The third-order valence-electron chi connectivity index (χ3n) is 6.29. The van der Waals surface area contributed by atoms with Gasteiger partial charge in [-0.25, -0.2) is 0 Å². The van der Waals surface area contributed by atoms with Gasteiger partial charge in [-0.2, -0.15) is 0 Å². The van der Waals surface area contributed by atoms with Crippen LogP contribution in [0.3, 0.4) is 0 Å². The molecular weight excluding hydrogens is 482 g/mol. The summed E-state index contributed by atoms with van der Waals surface area (Å²) in [4.78, 5) is 16.9. The number of carbonyl (C=O) groups is 1. The molecule has 5 rings (SSSR count). The molecule has 1 saturated heterocycles. The van der Waals surface area contributed by atoms with Gasteiger partial charge in [0, 0.05) is 27.1 Å². The summed E-state index contributed by atoms with van der Waals surface area (Å²) in [6, 6.07) is 19.3. The van der Waals surface area contributed by atoms with Crippen LogP contribution in [0.1, 0.15) is 35.2 Å². The molecule has 1 aliphatic rings. The first-order valence-corrected chi connectivity index (χ1v) is 12.5. The average molecular weight is 510 g/mol. The molecule has 0 aliphatic carbocycles. The van der Waals surface area contributed by atoms with Gasteiger partial charge in [0.15, 0.2) is 5.78 Å². The van der Waals surface area contributed by atoms with Gasteiger partial charge in [0.25, 0.3) is 0 Å². The quantitative estimate of drug-likeness (QED) is 0.278. The summed E-state index contributed by atoms with van der Waals surface area (Å²) in [5, 5.41) is 20.8. The monoisotopic (exact) mass is 509 g/mol. The van der Waals surface area contributed by atoms with Crippen molar-refractivity contribution in [1.82, 2.24) is 4.90 Å². The molecule has 2 N–H and O–H groups in total. The highest BCUT2D eigenvalue weighted by molar-refractivity contribution is 7.22. The summed E-state index contributed by atoms with van der Waals surface area (Å²) in [7, 11) is 0. The zero-order valence-corrected chi connectivity index (χ0v) is 20.9. The van der Waals surface area contributed by atoms with Gasteiger partial charge in [0.1, 0.15) is 23.9 Å². The fraction of sp³-hybridized carbons (Fsp3) is 0.250. The van der Waals surface area contributed by atoms with E-state index in [0.717, 1.165) is 40.5 Å². The van der Waals surface area contributed by atoms with Crippen LogP contribution in [0.25, 0.3) is 20.5 Å². The molecule has 35 heavy (non-hydrogen) atoms. The summed E-state index contributed by atoms with van der Waals surface area (Å²) in [5.41, 5.74) is 1.83. The molecular formula is C28H28ClNO4S. The van der Waals surface area contributed by atoms with Crippen LogP contribution < -0.4 is 4.74 Å². The van der Waals surface area contributed by atoms with Crippen LogP contribution in [-0.4, -0.2) is 47.1 Å². The number of nitrogens with zero attached hydrogens (tertiary/aromatic N) is 1. The number of phenolic OH excluding ortho intramolecular Hbond substituents is 2. The number of fused-ring (bicyclic) bond motifs is 1. The maximum absolute atomic E-state index is 13.7. The van der Waals surface area contributed by atoms with E-state index in [1.807, 2.05) is 18.2 Å². The molecule has 1 fully saturated rings. The first-order valence-electron chi connectivity index (χ1n) is 11.6. The first kappa shape index (κ1) is 25.0. The van der Waals surface area contributed by atoms with Gasteiger partial charge >= 0.3 is 0 Å². The molecule has 7 heteroatoms. The summed E-state index contributed by atoms with van der Waals surface area (Å²) < 4.78 is 6.75. The number of rotatable bonds is 7. The number of hydrogen-bond donors (Lipinski definition) is 2. The minimum Gasteiger partial charge on any atom is -0.508 e. The molecule has 0 radical (unpaired) electrons. The number of phenols is 2. The summed E-state index contributed by atoms with van der Waals surface area (Å²) in [6.07, 6.45) is 3.84. The maximum atomic E-state index is 13.7. The molecule has 4 aromatic rings. The molecule has 0 unspecified atom stereocenters. The molecule has 0 amide bonds. The molecule has 182 valence electrons. The smallest absolute Gasteiger partial charge is 0.195 e. The average Bonchev–Trinajstić information content (AvgIpc) is 3.26. The SMILES string of the molecule is Cl.O=C(c1ccc(OCCN2CCCCC2)cc1)c1c(-c2ccc(O)cc2)sc2cccc(O)c12. The zero-order chi connectivity index (χ0) is 23.5. The Balaban J connectivity index is 0.00000289. The largest absolute Gasteiger partial charge is 0.508 e. The number of piperidine rings is 1. The van der Waals surface area contributed by atoms with E-state index in [-0.39, 0.29) is 29.7 Å². The number of likely N-dealkylation sites (tertiary alicyclic amines) is 1. The van der Waals surface area contributed by atoms with E-state index < -0.39 is 0 Å². The Kier molecular flexibility index (Phi) is 7.96. The van der Waals surface area contributed by atoms with Crippen LogP contribution >= 0.6 is 23.7 Å². The van der Waals surface area contributed by atoms with Gasteiger partial charge in [-0.3, -0.25) is 9.69 Å². The molecule has 0 saturated carbocycles. The number of carbonyl (C=O) groups excluding carboxylic acids is 1. The third-order valence-corrected chi connectivity index (χ3v) is 7.50. The minimum atomic E-state index is -0.157. The highest BCUT2D eigenvalue weighted by atomic mass is 35.5. The van der Waals surface area contributed by atoms with E-state index in [0.29, 0.717) is 23.1 Å². The van der Waals surface area contributed by atoms with Gasteiger partial charge in [0.05, 0.1) is 5.56 Å². The van der Waals surface area contributed by atoms with Crippen molar-refractivity contribution in [3.63, 3.8) is 0 Å². The summed E-state index contributed by atoms with van der Waals surface area (Å²) in [6.45, 7) is 3.82. The van der Waals surface area contributed by atoms with Gasteiger partial charge in [-0.1, -0.05) is 12.5 Å². The van der Waals surface area contributed by atoms with E-state index in [2.05, 4.69) is 4.90 Å². The normalized spacial score (nSPS) is 13.9. The van der Waals surface area contributed by atoms with Gasteiger partial charge < -0.3 is 14.9 Å². The van der Waals surface area contributed by atoms with Crippen LogP contribution in [0.2, 0.25) is 0 Å². The van der Waals surface area contributed by atoms with E-state index >= 15 is 0 Å². The van der Waals surface area contributed by atoms with Gasteiger partial charge in [0.2, 0.25) is 0 Å². The number of hydrogen-bond acceptors (Lipinski definition) is 6. The lowest BCUT2D eigenvalue weighted by atomic mass is 9.97. The molecule has 0 spiro atoms. The van der Waals surface area contributed by atoms with Crippen LogP contribution in [-0.2, 0) is 0 Å². The Labute approximate surface area is 215 Å². The van der Waals surface area contributed by atoms with Crippen molar-refractivity contribution in [3.05, 3.63) is 77.9 Å². The van der Waals surface area contributed by atoms with E-state index in [4.69, 9.17) is 4.74 Å². The van der Waals surface area contributed by atoms with Crippen molar-refractivity contribution in [2.24, 2.45) is 0 Å². The standard InChI is InChI=1S/C28H27NO4S.ClH/c30-21-11-7-20(8-12-21)28-26(25-23(31)5-4-6-24(25)34-28)27(32)19-9-13-22(14-10-19)33-18-17-29-15-2-1-3-16-29;/h4-14,30-31H,1-3,15-18H2;1H. The van der Waals surface area contributed by atoms with Crippen LogP contribution in [0.15, 0.2) is 66.7 Å². The molecule has 1 aromatic heterocycles. The number of aromatic hydroxyl groups is 2. The second-order valence-electron chi connectivity index (χ2n) is 8.61. The Bertz CT molecular complexity index is 1300. The minimum absolute atomic E-state index is 0. The van der Waals surface area contributed by atoms with E-state index in [1.165, 1.54) is 30.6 Å². The van der Waals surface area contributed by atoms with Crippen molar-refractivity contribution >= 4 is 39.6 Å². The van der Waals surface area contributed by atoms with Crippen molar-refractivity contribution in [1.29, 1.82) is 0 Å². The third kappa shape index (κ3) is 5.45. The molecule has 5 nitrogen and oxygen atoms in total. The van der Waals surface area contributed by atoms with E-state index in [1.54, 1.807) is 48.5 Å². The predicted molar refractivity (Wildman–Crippen MR) is 143 cm³/mol.